The third-order valence-electron chi connectivity index (χ3n) is 5.02. The van der Waals surface area contributed by atoms with E-state index in [1.54, 1.807) is 24.3 Å². The van der Waals surface area contributed by atoms with E-state index < -0.39 is 0 Å². The van der Waals surface area contributed by atoms with Crippen LogP contribution in [-0.4, -0.2) is 53.1 Å². The second-order valence-corrected chi connectivity index (χ2v) is 8.07. The van der Waals surface area contributed by atoms with Crippen LogP contribution in [0.4, 0.5) is 11.4 Å². The van der Waals surface area contributed by atoms with Crippen molar-refractivity contribution < 1.29 is 9.59 Å². The molecule has 154 valence electrons. The fourth-order valence-electron chi connectivity index (χ4n) is 3.39. The van der Waals surface area contributed by atoms with Crippen molar-refractivity contribution in [1.29, 1.82) is 0 Å². The van der Waals surface area contributed by atoms with Gasteiger partial charge in [0, 0.05) is 43.1 Å². The second kappa shape index (κ2) is 9.04. The first-order valence-electron chi connectivity index (χ1n) is 9.97. The standard InChI is InChI=1S/C22H23N5O2S/c1-2-19-24-25-21(30-19)20(28)23-17-8-6-7-16(15-17)22(29)27-13-11-26(12-14-27)18-9-4-3-5-10-18/h3-10,15H,2,11-14H2,1H3,(H,23,28). The van der Waals surface area contributed by atoms with Crippen LogP contribution in [-0.2, 0) is 6.42 Å². The summed E-state index contributed by atoms with van der Waals surface area (Å²) in [6.45, 7) is 4.88. The lowest BCUT2D eigenvalue weighted by Crippen LogP contribution is -2.48. The average Bonchev–Trinajstić information content (AvgIpc) is 3.29. The zero-order valence-corrected chi connectivity index (χ0v) is 17.6. The summed E-state index contributed by atoms with van der Waals surface area (Å²) in [5.41, 5.74) is 2.31. The quantitative estimate of drug-likeness (QED) is 0.684. The zero-order valence-electron chi connectivity index (χ0n) is 16.7. The lowest BCUT2D eigenvalue weighted by molar-refractivity contribution is 0.0746. The minimum atomic E-state index is -0.312. The molecule has 0 aliphatic carbocycles. The van der Waals surface area contributed by atoms with Crippen molar-refractivity contribution in [2.75, 3.05) is 36.4 Å². The highest BCUT2D eigenvalue weighted by Crippen LogP contribution is 2.19. The van der Waals surface area contributed by atoms with Crippen molar-refractivity contribution in [3.05, 3.63) is 70.2 Å². The molecule has 1 aliphatic heterocycles. The number of amides is 2. The number of carbonyl (C=O) groups excluding carboxylic acids is 2. The van der Waals surface area contributed by atoms with Crippen molar-refractivity contribution in [3.8, 4) is 0 Å². The fraction of sp³-hybridized carbons (Fsp3) is 0.273. The van der Waals surface area contributed by atoms with Crippen molar-refractivity contribution in [2.45, 2.75) is 13.3 Å². The minimum Gasteiger partial charge on any atom is -0.368 e. The third kappa shape index (κ3) is 4.49. The molecule has 0 unspecified atom stereocenters. The Kier molecular flexibility index (Phi) is 6.04. The number of nitrogens with zero attached hydrogens (tertiary/aromatic N) is 4. The predicted molar refractivity (Wildman–Crippen MR) is 118 cm³/mol. The van der Waals surface area contributed by atoms with Crippen LogP contribution in [0.2, 0.25) is 0 Å². The van der Waals surface area contributed by atoms with Gasteiger partial charge in [0.1, 0.15) is 5.01 Å². The van der Waals surface area contributed by atoms with Crippen LogP contribution in [0.1, 0.15) is 32.1 Å². The predicted octanol–water partition coefficient (Wildman–Crippen LogP) is 3.32. The van der Waals surface area contributed by atoms with Gasteiger partial charge in [0.25, 0.3) is 11.8 Å². The first kappa shape index (κ1) is 20.0. The van der Waals surface area contributed by atoms with Crippen LogP contribution in [0, 0.1) is 0 Å². The zero-order chi connectivity index (χ0) is 20.9. The molecule has 2 heterocycles. The Morgan fingerprint density at radius 2 is 1.77 bits per heavy atom. The van der Waals surface area contributed by atoms with Gasteiger partial charge in [-0.25, -0.2) is 0 Å². The molecule has 2 aromatic carbocycles. The number of anilines is 2. The van der Waals surface area contributed by atoms with Crippen molar-refractivity contribution in [2.24, 2.45) is 0 Å². The Labute approximate surface area is 179 Å². The number of carbonyl (C=O) groups is 2. The van der Waals surface area contributed by atoms with Crippen LogP contribution in [0.3, 0.4) is 0 Å². The second-order valence-electron chi connectivity index (χ2n) is 7.00. The average molecular weight is 422 g/mol. The van der Waals surface area contributed by atoms with Gasteiger partial charge in [-0.05, 0) is 36.8 Å². The number of hydrogen-bond donors (Lipinski definition) is 1. The van der Waals surface area contributed by atoms with Gasteiger partial charge in [0.2, 0.25) is 5.01 Å². The molecule has 2 amide bonds. The summed E-state index contributed by atoms with van der Waals surface area (Å²) in [6.07, 6.45) is 0.743. The summed E-state index contributed by atoms with van der Waals surface area (Å²) in [6, 6.07) is 17.3. The molecule has 1 saturated heterocycles. The van der Waals surface area contributed by atoms with E-state index in [2.05, 4.69) is 32.5 Å². The topological polar surface area (TPSA) is 78.4 Å². The highest BCUT2D eigenvalue weighted by atomic mass is 32.1. The molecule has 30 heavy (non-hydrogen) atoms. The van der Waals surface area contributed by atoms with Crippen molar-refractivity contribution in [1.82, 2.24) is 15.1 Å². The van der Waals surface area contributed by atoms with Gasteiger partial charge >= 0.3 is 0 Å². The van der Waals surface area contributed by atoms with Crippen LogP contribution < -0.4 is 10.2 Å². The fourth-order valence-corrected chi connectivity index (χ4v) is 4.07. The number of nitrogens with one attached hydrogen (secondary N) is 1. The maximum atomic E-state index is 13.0. The number of para-hydroxylation sites is 1. The summed E-state index contributed by atoms with van der Waals surface area (Å²) in [7, 11) is 0. The Balaban J connectivity index is 1.38. The van der Waals surface area contributed by atoms with Crippen LogP contribution in [0.5, 0.6) is 0 Å². The van der Waals surface area contributed by atoms with Gasteiger partial charge in [-0.15, -0.1) is 10.2 Å². The number of piperazine rings is 1. The molecule has 4 rings (SSSR count). The molecule has 8 heteroatoms. The summed E-state index contributed by atoms with van der Waals surface area (Å²) in [5, 5.41) is 11.8. The van der Waals surface area contributed by atoms with Gasteiger partial charge < -0.3 is 15.1 Å². The maximum Gasteiger partial charge on any atom is 0.286 e. The van der Waals surface area contributed by atoms with Crippen molar-refractivity contribution >= 4 is 34.5 Å². The first-order valence-corrected chi connectivity index (χ1v) is 10.8. The monoisotopic (exact) mass is 421 g/mol. The van der Waals surface area contributed by atoms with Gasteiger partial charge in [0.05, 0.1) is 0 Å². The third-order valence-corrected chi connectivity index (χ3v) is 6.09. The molecule has 3 aromatic rings. The number of aryl methyl sites for hydroxylation is 1. The highest BCUT2D eigenvalue weighted by Gasteiger charge is 2.22. The highest BCUT2D eigenvalue weighted by molar-refractivity contribution is 7.13. The molecule has 1 aromatic heterocycles. The Morgan fingerprint density at radius 3 is 2.47 bits per heavy atom. The molecule has 0 spiro atoms. The van der Waals surface area contributed by atoms with Crippen LogP contribution in [0.15, 0.2) is 54.6 Å². The molecule has 0 atom stereocenters. The smallest absolute Gasteiger partial charge is 0.286 e. The van der Waals surface area contributed by atoms with E-state index in [1.165, 1.54) is 17.0 Å². The van der Waals surface area contributed by atoms with E-state index >= 15 is 0 Å². The van der Waals surface area contributed by atoms with Gasteiger partial charge in [-0.3, -0.25) is 9.59 Å². The summed E-state index contributed by atoms with van der Waals surface area (Å²) in [4.78, 5) is 29.5. The molecule has 1 fully saturated rings. The molecular weight excluding hydrogens is 398 g/mol. The van der Waals surface area contributed by atoms with Crippen molar-refractivity contribution in [3.63, 3.8) is 0 Å². The molecule has 7 nitrogen and oxygen atoms in total. The molecule has 1 aliphatic rings. The molecular formula is C22H23N5O2S. The largest absolute Gasteiger partial charge is 0.368 e. The number of benzene rings is 2. The normalized spacial score (nSPS) is 13.9. The van der Waals surface area contributed by atoms with E-state index in [4.69, 9.17) is 0 Å². The molecule has 0 bridgehead atoms. The van der Waals surface area contributed by atoms with E-state index in [1.807, 2.05) is 30.0 Å². The molecule has 0 radical (unpaired) electrons. The van der Waals surface area contributed by atoms with E-state index in [0.717, 1.165) is 24.5 Å². The summed E-state index contributed by atoms with van der Waals surface area (Å²) in [5.74, 6) is -0.337. The Morgan fingerprint density at radius 1 is 1.00 bits per heavy atom. The van der Waals surface area contributed by atoms with Gasteiger partial charge in [-0.1, -0.05) is 42.5 Å². The number of hydrogen-bond acceptors (Lipinski definition) is 6. The molecule has 1 N–H and O–H groups in total. The lowest BCUT2D eigenvalue weighted by atomic mass is 10.1. The van der Waals surface area contributed by atoms with E-state index in [-0.39, 0.29) is 11.8 Å². The Bertz CT molecular complexity index is 1030. The minimum absolute atomic E-state index is 0.0250. The lowest BCUT2D eigenvalue weighted by Gasteiger charge is -2.36. The van der Waals surface area contributed by atoms with E-state index in [9.17, 15) is 9.59 Å². The van der Waals surface area contributed by atoms with E-state index in [0.29, 0.717) is 29.3 Å². The SMILES string of the molecule is CCc1nnc(C(=O)Nc2cccc(C(=O)N3CCN(c4ccccc4)CC3)c2)s1. The maximum absolute atomic E-state index is 13.0. The van der Waals surface area contributed by atoms with Gasteiger partial charge in [-0.2, -0.15) is 0 Å². The molecule has 0 saturated carbocycles. The Hall–Kier alpha value is -3.26. The van der Waals surface area contributed by atoms with Crippen LogP contribution in [0.25, 0.3) is 0 Å². The van der Waals surface area contributed by atoms with Gasteiger partial charge in [0.15, 0.2) is 0 Å². The summed E-state index contributed by atoms with van der Waals surface area (Å²) >= 11 is 1.28. The number of rotatable bonds is 5. The first-order chi connectivity index (χ1) is 14.6. The number of aromatic nitrogens is 2. The van der Waals surface area contributed by atoms with Crippen LogP contribution >= 0.6 is 11.3 Å². The summed E-state index contributed by atoms with van der Waals surface area (Å²) < 4.78 is 0.